The minimum Gasteiger partial charge on any atom is -0.748 e. The van der Waals surface area contributed by atoms with E-state index >= 15 is 0 Å². The van der Waals surface area contributed by atoms with Gasteiger partial charge in [-0.3, -0.25) is 4.85 Å². The van der Waals surface area contributed by atoms with Crippen molar-refractivity contribution in [2.45, 2.75) is 88.5 Å². The number of rotatable bonds is 12. The molecule has 0 aromatic heterocycles. The zero-order valence-corrected chi connectivity index (χ0v) is 47.9. The number of allylic oxidation sites excluding steroid dienone is 6. The molecule has 7 rings (SSSR count). The summed E-state index contributed by atoms with van der Waals surface area (Å²) in [4.78, 5) is 5.78. The number of nitriles is 1. The van der Waals surface area contributed by atoms with E-state index in [1.54, 1.807) is 6.07 Å². The van der Waals surface area contributed by atoms with E-state index in [2.05, 4.69) is 67.2 Å². The summed E-state index contributed by atoms with van der Waals surface area (Å²) in [5.41, 5.74) is 7.46. The Morgan fingerprint density at radius 2 is 1.63 bits per heavy atom. The Balaban J connectivity index is 0.00000282. The van der Waals surface area contributed by atoms with Gasteiger partial charge in [0.15, 0.2) is 11.8 Å². The molecular formula is C47H46K3N4O6S2+. The molecule has 15 heteroatoms. The van der Waals surface area contributed by atoms with Crippen molar-refractivity contribution in [3.63, 3.8) is 0 Å². The maximum Gasteiger partial charge on any atom is 1.00 e. The molecule has 4 aromatic carbocycles. The fraction of sp³-hybridized carbons (Fsp3) is 0.340. The van der Waals surface area contributed by atoms with Crippen molar-refractivity contribution in [3.8, 4) is 6.07 Å². The molecule has 0 spiro atoms. The number of fused-ring (bicyclic) bond motifs is 6. The standard InChI is InChI=1S/C47H48N4O6S2.3K/c1-7-8-26-50-40-23-17-34-29-35(59(55,56)57)20-21-37(34)45(40)47(4,5)41(50)24-18-32-14-15-33(43(32)38(30-48)49-6)19-25-42-46(2,3)44-36-13-10-9-12-31(36)16-22-39(44)51(42)27-11-28-58(52,53)54;;;/h10,12-13,16-25,29,38H,7-8,11,14-15,26-28H2,1-5H3,(H,52,53,54)(H,55,56,57);;;/q;3*+1/p-2. The Labute approximate surface area is 494 Å². The third kappa shape index (κ3) is 10.8. The Morgan fingerprint density at radius 3 is 2.29 bits per heavy atom. The second-order valence-electron chi connectivity index (χ2n) is 16.5. The van der Waals surface area contributed by atoms with Gasteiger partial charge in [-0.05, 0) is 90.9 Å². The Morgan fingerprint density at radius 1 is 0.919 bits per heavy atom. The predicted octanol–water partition coefficient (Wildman–Crippen LogP) is -0.113. The molecule has 0 radical (unpaired) electrons. The zero-order valence-electron chi connectivity index (χ0n) is 36.9. The molecule has 1 atom stereocenters. The van der Waals surface area contributed by atoms with Crippen LogP contribution in [0.3, 0.4) is 0 Å². The fourth-order valence-electron chi connectivity index (χ4n) is 9.36. The molecule has 3 aliphatic rings. The van der Waals surface area contributed by atoms with E-state index in [0.717, 1.165) is 80.6 Å². The van der Waals surface area contributed by atoms with Crippen LogP contribution in [0.2, 0.25) is 0 Å². The van der Waals surface area contributed by atoms with Gasteiger partial charge in [0.2, 0.25) is 5.69 Å². The summed E-state index contributed by atoms with van der Waals surface area (Å²) < 4.78 is 72.5. The van der Waals surface area contributed by atoms with Crippen LogP contribution in [0.25, 0.3) is 26.4 Å². The van der Waals surface area contributed by atoms with Crippen molar-refractivity contribution in [1.29, 1.82) is 5.26 Å². The van der Waals surface area contributed by atoms with E-state index in [-0.39, 0.29) is 165 Å². The minimum absolute atomic E-state index is 0. The Bertz CT molecular complexity index is 2890. The normalized spacial score (nSPS) is 18.4. The topological polar surface area (TPSA) is 149 Å². The van der Waals surface area contributed by atoms with Crippen LogP contribution < -0.4 is 159 Å². The summed E-state index contributed by atoms with van der Waals surface area (Å²) >= 11 is 0. The quantitative estimate of drug-likeness (QED) is 0.0828. The van der Waals surface area contributed by atoms with E-state index in [4.69, 9.17) is 6.57 Å². The molecule has 0 N–H and O–H groups in total. The first-order valence-corrected chi connectivity index (χ1v) is 22.8. The van der Waals surface area contributed by atoms with E-state index in [1.807, 2.05) is 60.7 Å². The average Bonchev–Trinajstić information content (AvgIpc) is 3.75. The molecule has 62 heavy (non-hydrogen) atoms. The van der Waals surface area contributed by atoms with Crippen molar-refractivity contribution in [1.82, 2.24) is 0 Å². The van der Waals surface area contributed by atoms with Crippen molar-refractivity contribution in [2.75, 3.05) is 23.7 Å². The number of nitrogens with zero attached hydrogens (tertiary/aromatic N) is 4. The number of anilines is 1. The summed E-state index contributed by atoms with van der Waals surface area (Å²) in [7, 11) is -9.03. The van der Waals surface area contributed by atoms with Crippen LogP contribution in [0.4, 0.5) is 11.4 Å². The number of unbranched alkanes of at least 4 members (excludes halogenated alkanes) is 1. The summed E-state index contributed by atoms with van der Waals surface area (Å²) in [6.45, 7) is 19.8. The summed E-state index contributed by atoms with van der Waals surface area (Å²) in [6, 6.07) is 22.6. The predicted molar refractivity (Wildman–Crippen MR) is 230 cm³/mol. The largest absolute Gasteiger partial charge is 1.00 e. The molecule has 0 saturated heterocycles. The van der Waals surface area contributed by atoms with E-state index in [1.165, 1.54) is 12.1 Å². The molecule has 1 aliphatic carbocycles. The molecule has 10 nitrogen and oxygen atoms in total. The molecule has 0 bridgehead atoms. The number of benzene rings is 4. The van der Waals surface area contributed by atoms with Crippen LogP contribution >= 0.6 is 0 Å². The van der Waals surface area contributed by atoms with Crippen LogP contribution in [0.1, 0.15) is 77.8 Å². The maximum absolute atomic E-state index is 11.9. The minimum atomic E-state index is -4.62. The van der Waals surface area contributed by atoms with Gasteiger partial charge in [-0.1, -0.05) is 51.5 Å². The maximum atomic E-state index is 11.9. The summed E-state index contributed by atoms with van der Waals surface area (Å²) in [6.07, 6.45) is 11.5. The van der Waals surface area contributed by atoms with E-state index in [9.17, 15) is 31.2 Å². The van der Waals surface area contributed by atoms with Crippen LogP contribution in [-0.2, 0) is 31.1 Å². The summed E-state index contributed by atoms with van der Waals surface area (Å²) in [5, 5.41) is 13.9. The van der Waals surface area contributed by atoms with Crippen LogP contribution in [-0.4, -0.2) is 61.1 Å². The van der Waals surface area contributed by atoms with Crippen LogP contribution in [0.5, 0.6) is 0 Å². The van der Waals surface area contributed by atoms with E-state index in [0.29, 0.717) is 30.3 Å². The van der Waals surface area contributed by atoms with Crippen LogP contribution in [0.15, 0.2) is 112 Å². The Hall–Kier alpha value is -0.461. The van der Waals surface area contributed by atoms with Crippen molar-refractivity contribution in [3.05, 3.63) is 136 Å². The monoisotopic (exact) mass is 943 g/mol. The van der Waals surface area contributed by atoms with E-state index < -0.39 is 42.9 Å². The zero-order chi connectivity index (χ0) is 42.5. The second kappa shape index (κ2) is 21.7. The molecule has 0 fully saturated rings. The van der Waals surface area contributed by atoms with Crippen LogP contribution in [0, 0.1) is 24.0 Å². The summed E-state index contributed by atoms with van der Waals surface area (Å²) in [5.74, 6) is -0.479. The van der Waals surface area contributed by atoms with Gasteiger partial charge < -0.3 is 14.0 Å². The van der Waals surface area contributed by atoms with Gasteiger partial charge in [0.1, 0.15) is 16.7 Å². The fourth-order valence-corrected chi connectivity index (χ4v) is 10.3. The first-order chi connectivity index (χ1) is 27.9. The van der Waals surface area contributed by atoms with Gasteiger partial charge in [0.25, 0.3) is 0 Å². The van der Waals surface area contributed by atoms with Gasteiger partial charge in [0, 0.05) is 47.2 Å². The first kappa shape index (κ1) is 54.1. The van der Waals surface area contributed by atoms with Crippen molar-refractivity contribution < 1.29 is 185 Å². The Kier molecular flexibility index (Phi) is 18.9. The molecule has 2 heterocycles. The number of hydrogen-bond donors (Lipinski definition) is 0. The first-order valence-electron chi connectivity index (χ1n) is 19.8. The van der Waals surface area contributed by atoms with Gasteiger partial charge in [-0.25, -0.2) is 23.4 Å². The SMILES string of the molecule is [C-]#[N+]C(C#N)C1=C(/C=C/C2=[N+](CCCS(=O)(=O)[O-])c3ccc4c[c-]ccc4c3C2(C)C)CC/C1=C\C=C1\N(CCCC)c2ccc3cc(S(=O)(=O)[O-])ccc3c2C1(C)C.[K+].[K+].[K+]. The average molecular weight is 944 g/mol. The second-order valence-corrected chi connectivity index (χ2v) is 19.4. The third-order valence-corrected chi connectivity index (χ3v) is 13.7. The molecule has 0 amide bonds. The smallest absolute Gasteiger partial charge is 0.748 e. The molecule has 2 aliphatic heterocycles. The van der Waals surface area contributed by atoms with Gasteiger partial charge in [-0.15, -0.1) is 16.8 Å². The van der Waals surface area contributed by atoms with Crippen molar-refractivity contribution >= 4 is 58.9 Å². The molecule has 0 saturated carbocycles. The van der Waals surface area contributed by atoms with Gasteiger partial charge in [-0.2, -0.15) is 34.1 Å². The molecule has 4 aromatic rings. The van der Waals surface area contributed by atoms with Crippen molar-refractivity contribution in [2.24, 2.45) is 0 Å². The molecule has 1 unspecified atom stereocenters. The third-order valence-electron chi connectivity index (χ3n) is 12.1. The molecule has 304 valence electrons. The number of hydrogen-bond acceptors (Lipinski definition) is 8. The van der Waals surface area contributed by atoms with Gasteiger partial charge in [0.05, 0.1) is 26.0 Å². The van der Waals surface area contributed by atoms with Gasteiger partial charge >= 0.3 is 160 Å². The molecular weight excluding hydrogens is 898 g/mol.